The second-order valence-corrected chi connectivity index (χ2v) is 6.04. The molecule has 0 unspecified atom stereocenters. The van der Waals surface area contributed by atoms with Gasteiger partial charge in [-0.25, -0.2) is 4.98 Å². The van der Waals surface area contributed by atoms with E-state index < -0.39 is 0 Å². The van der Waals surface area contributed by atoms with Crippen molar-refractivity contribution in [1.82, 2.24) is 19.6 Å². The zero-order valence-electron chi connectivity index (χ0n) is 12.9. The lowest BCUT2D eigenvalue weighted by atomic mass is 9.86. The van der Waals surface area contributed by atoms with Crippen molar-refractivity contribution in [1.29, 1.82) is 0 Å². The van der Waals surface area contributed by atoms with Crippen molar-refractivity contribution in [2.45, 2.75) is 39.2 Å². The number of benzene rings is 1. The number of aryl methyl sites for hydroxylation is 3. The maximum Gasteiger partial charge on any atom is 0.165 e. The molecule has 5 nitrogen and oxygen atoms in total. The van der Waals surface area contributed by atoms with E-state index in [1.807, 2.05) is 17.4 Å². The predicted octanol–water partition coefficient (Wildman–Crippen LogP) is 3.23. The van der Waals surface area contributed by atoms with Crippen LogP contribution in [0, 0.1) is 13.8 Å². The van der Waals surface area contributed by atoms with Crippen molar-refractivity contribution in [2.24, 2.45) is 0 Å². The highest BCUT2D eigenvalue weighted by molar-refractivity contribution is 5.51. The first-order chi connectivity index (χ1) is 10.7. The van der Waals surface area contributed by atoms with Gasteiger partial charge in [0.25, 0.3) is 0 Å². The van der Waals surface area contributed by atoms with Crippen LogP contribution in [0.3, 0.4) is 0 Å². The quantitative estimate of drug-likeness (QED) is 0.788. The van der Waals surface area contributed by atoms with Gasteiger partial charge in [-0.1, -0.05) is 23.8 Å². The van der Waals surface area contributed by atoms with Crippen LogP contribution in [0.4, 0.5) is 5.82 Å². The van der Waals surface area contributed by atoms with E-state index in [2.05, 4.69) is 45.6 Å². The average Bonchev–Trinajstić information content (AvgIpc) is 2.97. The molecule has 3 aromatic rings. The van der Waals surface area contributed by atoms with Gasteiger partial charge in [0.2, 0.25) is 0 Å². The Morgan fingerprint density at radius 2 is 2.14 bits per heavy atom. The molecule has 0 aliphatic heterocycles. The Balaban J connectivity index is 1.70. The second kappa shape index (κ2) is 5.09. The highest BCUT2D eigenvalue weighted by atomic mass is 15.2. The van der Waals surface area contributed by atoms with Gasteiger partial charge in [0.1, 0.15) is 18.0 Å². The molecule has 0 saturated heterocycles. The molecule has 0 spiro atoms. The van der Waals surface area contributed by atoms with E-state index in [1.54, 1.807) is 6.33 Å². The molecule has 0 saturated carbocycles. The van der Waals surface area contributed by atoms with Gasteiger partial charge < -0.3 is 5.32 Å². The monoisotopic (exact) mass is 293 g/mol. The summed E-state index contributed by atoms with van der Waals surface area (Å²) in [6.07, 6.45) is 5.21. The minimum absolute atomic E-state index is 0.320. The van der Waals surface area contributed by atoms with E-state index in [0.717, 1.165) is 23.7 Å². The molecule has 5 heteroatoms. The molecular formula is C17H19N5. The Bertz CT molecular complexity index is 836. The summed E-state index contributed by atoms with van der Waals surface area (Å²) in [5, 5.41) is 11.7. The zero-order valence-corrected chi connectivity index (χ0v) is 12.9. The third kappa shape index (κ3) is 2.22. The lowest BCUT2D eigenvalue weighted by Crippen LogP contribution is -2.18. The van der Waals surface area contributed by atoms with Crippen LogP contribution < -0.4 is 5.32 Å². The number of fused-ring (bicyclic) bond motifs is 2. The molecule has 112 valence electrons. The van der Waals surface area contributed by atoms with Crippen LogP contribution in [0.25, 0.3) is 5.65 Å². The van der Waals surface area contributed by atoms with Crippen molar-refractivity contribution >= 4 is 11.5 Å². The Morgan fingerprint density at radius 1 is 1.23 bits per heavy atom. The van der Waals surface area contributed by atoms with E-state index in [-0.39, 0.29) is 0 Å². The Kier molecular flexibility index (Phi) is 3.06. The summed E-state index contributed by atoms with van der Waals surface area (Å²) in [6.45, 7) is 4.12. The molecule has 1 atom stereocenters. The van der Waals surface area contributed by atoms with Crippen molar-refractivity contribution in [3.63, 3.8) is 0 Å². The fraction of sp³-hybridized carbons (Fsp3) is 0.353. The van der Waals surface area contributed by atoms with Gasteiger partial charge in [-0.2, -0.15) is 0 Å². The fourth-order valence-corrected chi connectivity index (χ4v) is 3.30. The van der Waals surface area contributed by atoms with Gasteiger partial charge in [-0.15, -0.1) is 10.2 Å². The standard InChI is InChI=1S/C17H19N5/c1-11-6-7-13-4-3-5-15(14(13)8-11)20-16-9-17-21-18-10-22(17)12(2)19-16/h6-10,15,20H,3-5H2,1-2H3/t15-/m0/s1. The van der Waals surface area contributed by atoms with Crippen molar-refractivity contribution in [3.05, 3.63) is 53.1 Å². The highest BCUT2D eigenvalue weighted by Crippen LogP contribution is 2.32. The van der Waals surface area contributed by atoms with E-state index in [9.17, 15) is 0 Å². The van der Waals surface area contributed by atoms with Crippen LogP contribution in [0.1, 0.15) is 41.4 Å². The first kappa shape index (κ1) is 13.2. The number of rotatable bonds is 2. The van der Waals surface area contributed by atoms with Crippen LogP contribution in [0.2, 0.25) is 0 Å². The van der Waals surface area contributed by atoms with Crippen molar-refractivity contribution < 1.29 is 0 Å². The molecule has 2 aromatic heterocycles. The van der Waals surface area contributed by atoms with Gasteiger partial charge in [-0.3, -0.25) is 4.40 Å². The number of nitrogens with one attached hydrogen (secondary N) is 1. The Hall–Kier alpha value is -2.43. The van der Waals surface area contributed by atoms with Crippen molar-refractivity contribution in [2.75, 3.05) is 5.32 Å². The van der Waals surface area contributed by atoms with Gasteiger partial charge >= 0.3 is 0 Å². The Morgan fingerprint density at radius 3 is 3.05 bits per heavy atom. The van der Waals surface area contributed by atoms with Crippen LogP contribution >= 0.6 is 0 Å². The number of hydrogen-bond donors (Lipinski definition) is 1. The first-order valence-electron chi connectivity index (χ1n) is 7.74. The van der Waals surface area contributed by atoms with Gasteiger partial charge in [0.15, 0.2) is 5.65 Å². The summed E-state index contributed by atoms with van der Waals surface area (Å²) in [6, 6.07) is 9.05. The lowest BCUT2D eigenvalue weighted by Gasteiger charge is -2.27. The normalized spacial score (nSPS) is 17.5. The van der Waals surface area contributed by atoms with Gasteiger partial charge in [0, 0.05) is 6.07 Å². The first-order valence-corrected chi connectivity index (χ1v) is 7.74. The summed E-state index contributed by atoms with van der Waals surface area (Å²) in [7, 11) is 0. The number of hydrogen-bond acceptors (Lipinski definition) is 4. The zero-order chi connectivity index (χ0) is 15.1. The molecule has 1 aliphatic carbocycles. The summed E-state index contributed by atoms with van der Waals surface area (Å²) in [4.78, 5) is 4.63. The SMILES string of the molecule is Cc1ccc2c(c1)[C@@H](Nc1cc3nncn3c(C)n1)CCC2. The van der Waals surface area contributed by atoms with E-state index in [0.29, 0.717) is 6.04 Å². The molecule has 0 fully saturated rings. The maximum atomic E-state index is 4.63. The van der Waals surface area contributed by atoms with Gasteiger partial charge in [-0.05, 0) is 44.2 Å². The average molecular weight is 293 g/mol. The molecule has 2 heterocycles. The molecule has 0 radical (unpaired) electrons. The van der Waals surface area contributed by atoms with Gasteiger partial charge in [0.05, 0.1) is 6.04 Å². The lowest BCUT2D eigenvalue weighted by molar-refractivity contribution is 0.597. The summed E-state index contributed by atoms with van der Waals surface area (Å²) < 4.78 is 1.89. The smallest absolute Gasteiger partial charge is 0.165 e. The molecular weight excluding hydrogens is 274 g/mol. The molecule has 0 amide bonds. The molecule has 0 bridgehead atoms. The minimum atomic E-state index is 0.320. The summed E-state index contributed by atoms with van der Waals surface area (Å²) in [5.74, 6) is 1.77. The molecule has 1 N–H and O–H groups in total. The summed E-state index contributed by atoms with van der Waals surface area (Å²) >= 11 is 0. The van der Waals surface area contributed by atoms with Crippen molar-refractivity contribution in [3.8, 4) is 0 Å². The topological polar surface area (TPSA) is 55.1 Å². The van der Waals surface area contributed by atoms with Crippen LogP contribution in [-0.2, 0) is 6.42 Å². The summed E-state index contributed by atoms with van der Waals surface area (Å²) in [5.41, 5.74) is 5.00. The highest BCUT2D eigenvalue weighted by Gasteiger charge is 2.20. The third-order valence-corrected chi connectivity index (χ3v) is 4.41. The molecule has 1 aromatic carbocycles. The fourth-order valence-electron chi connectivity index (χ4n) is 3.30. The predicted molar refractivity (Wildman–Crippen MR) is 86.0 cm³/mol. The molecule has 1 aliphatic rings. The third-order valence-electron chi connectivity index (χ3n) is 4.41. The number of nitrogens with zero attached hydrogens (tertiary/aromatic N) is 4. The van der Waals surface area contributed by atoms with E-state index >= 15 is 0 Å². The van der Waals surface area contributed by atoms with Crippen LogP contribution in [0.15, 0.2) is 30.6 Å². The Labute approximate surface area is 129 Å². The molecule has 22 heavy (non-hydrogen) atoms. The van der Waals surface area contributed by atoms with Crippen LogP contribution in [-0.4, -0.2) is 19.6 Å². The molecule has 4 rings (SSSR count). The number of anilines is 1. The second-order valence-electron chi connectivity index (χ2n) is 6.04. The van der Waals surface area contributed by atoms with E-state index in [1.165, 1.54) is 29.5 Å². The minimum Gasteiger partial charge on any atom is -0.363 e. The number of aromatic nitrogens is 4. The van der Waals surface area contributed by atoms with Crippen LogP contribution in [0.5, 0.6) is 0 Å². The maximum absolute atomic E-state index is 4.63. The van der Waals surface area contributed by atoms with E-state index in [4.69, 9.17) is 0 Å². The largest absolute Gasteiger partial charge is 0.363 e.